The second-order valence-corrected chi connectivity index (χ2v) is 20.0. The van der Waals surface area contributed by atoms with Crippen LogP contribution >= 0.6 is 0 Å². The van der Waals surface area contributed by atoms with Crippen molar-refractivity contribution in [3.63, 3.8) is 0 Å². The minimum absolute atomic E-state index is 0.0104. The van der Waals surface area contributed by atoms with Crippen LogP contribution in [0.1, 0.15) is 83.0 Å². The van der Waals surface area contributed by atoms with E-state index in [4.69, 9.17) is 66.0 Å². The van der Waals surface area contributed by atoms with Gasteiger partial charge in [-0.25, -0.2) is 19.2 Å². The fourth-order valence-electron chi connectivity index (χ4n) is 9.62. The number of ether oxygens (including phenoxy) is 13. The summed E-state index contributed by atoms with van der Waals surface area (Å²) >= 11 is 0. The van der Waals surface area contributed by atoms with Crippen molar-refractivity contribution in [1.29, 1.82) is 0 Å². The smallest absolute Gasteiger partial charge is 0.338 e. The Kier molecular flexibility index (Phi) is 19.9. The molecule has 7 aromatic rings. The lowest BCUT2D eigenvalue weighted by Crippen LogP contribution is -2.64. The molecule has 1 aromatic heterocycles. The van der Waals surface area contributed by atoms with Crippen molar-refractivity contribution in [3.05, 3.63) is 190 Å². The standard InChI is InChI=1S/C65H56O24/c1-34-52(80-37(4)68)56(81-38(5)69)58(82-39(6)70)64(77-34)83-46-31-47(79-36(3)67)50-48(32-46)84-53(40-27-29-45(30-28-40)78-35(2)66)55(51(50)71)89-65-59(88-63(75)44-25-17-10-18-26-44)57(87-62(74)43-23-15-9-16-24-43)54(86-61(73)42-21-13-8-14-22-42)49(85-65)33-76-60(72)41-19-11-7-12-20-41/h7-32,34,49,52,54,56-59,64-65H,33H2,1-6H3/t34-,49+,52-,54+,56+,57-,58+,59+,64-,65-/m0/s1. The fraction of sp³-hybridized carbons (Fsp3) is 0.262. The van der Waals surface area contributed by atoms with Crippen LogP contribution in [-0.4, -0.2) is 122 Å². The van der Waals surface area contributed by atoms with E-state index in [1.54, 1.807) is 60.7 Å². The maximum absolute atomic E-state index is 15.8. The normalized spacial score (nSPS) is 21.1. The first kappa shape index (κ1) is 62.8. The van der Waals surface area contributed by atoms with E-state index in [1.807, 2.05) is 0 Å². The van der Waals surface area contributed by atoms with Crippen molar-refractivity contribution < 1.29 is 109 Å². The Balaban J connectivity index is 1.23. The van der Waals surface area contributed by atoms with Crippen molar-refractivity contribution in [3.8, 4) is 34.3 Å². The molecule has 24 heteroatoms. The van der Waals surface area contributed by atoms with E-state index in [-0.39, 0.29) is 39.3 Å². The van der Waals surface area contributed by atoms with Crippen LogP contribution in [0.2, 0.25) is 0 Å². The van der Waals surface area contributed by atoms with Gasteiger partial charge in [0.05, 0.1) is 28.4 Å². The van der Waals surface area contributed by atoms with Crippen LogP contribution in [0.25, 0.3) is 22.3 Å². The van der Waals surface area contributed by atoms with E-state index in [0.717, 1.165) is 39.8 Å². The van der Waals surface area contributed by atoms with E-state index >= 15 is 4.79 Å². The molecule has 0 N–H and O–H groups in total. The molecule has 10 atom stereocenters. The summed E-state index contributed by atoms with van der Waals surface area (Å²) in [5.41, 5.74) is -1.49. The van der Waals surface area contributed by atoms with Crippen LogP contribution in [0.3, 0.4) is 0 Å². The van der Waals surface area contributed by atoms with Crippen molar-refractivity contribution in [2.45, 2.75) is 103 Å². The summed E-state index contributed by atoms with van der Waals surface area (Å²) in [7, 11) is 0. The molecule has 0 unspecified atom stereocenters. The Morgan fingerprint density at radius 1 is 0.427 bits per heavy atom. The summed E-state index contributed by atoms with van der Waals surface area (Å²) in [5.74, 6) is -10.2. The minimum atomic E-state index is -2.16. The highest BCUT2D eigenvalue weighted by molar-refractivity contribution is 5.93. The number of rotatable bonds is 19. The van der Waals surface area contributed by atoms with Gasteiger partial charge >= 0.3 is 53.7 Å². The summed E-state index contributed by atoms with van der Waals surface area (Å²) in [6.45, 7) is 6.09. The first-order chi connectivity index (χ1) is 42.7. The molecule has 0 amide bonds. The molecule has 0 aliphatic carbocycles. The Labute approximate surface area is 506 Å². The molecule has 6 aromatic carbocycles. The molecule has 0 saturated carbocycles. The van der Waals surface area contributed by atoms with Gasteiger partial charge in [-0.15, -0.1) is 0 Å². The molecule has 0 bridgehead atoms. The molecular formula is C65H56O24. The first-order valence-corrected chi connectivity index (χ1v) is 27.5. The number of benzene rings is 6. The zero-order chi connectivity index (χ0) is 63.5. The van der Waals surface area contributed by atoms with Crippen LogP contribution in [0.5, 0.6) is 23.0 Å². The molecule has 0 spiro atoms. The van der Waals surface area contributed by atoms with Crippen LogP contribution in [0.4, 0.5) is 0 Å². The molecule has 2 aliphatic rings. The largest absolute Gasteiger partial charge is 0.460 e. The molecule has 460 valence electrons. The SMILES string of the molecule is CC(=O)Oc1ccc(-c2oc3cc(O[C@@H]4O[C@@H](C)[C@H](OC(C)=O)[C@@H](OC(C)=O)[C@H]4OC(C)=O)cc(OC(C)=O)c3c(=O)c2O[C@@H]2O[C@H](COC(=O)c3ccccc3)[C@@H](OC(=O)c3ccccc3)[C@H](OC(=O)c3ccccc3)[C@H]2OC(=O)c2ccccc2)cc1. The quantitative estimate of drug-likeness (QED) is 0.0422. The Morgan fingerprint density at radius 3 is 1.37 bits per heavy atom. The first-order valence-electron chi connectivity index (χ1n) is 27.5. The Morgan fingerprint density at radius 2 is 0.865 bits per heavy atom. The minimum Gasteiger partial charge on any atom is -0.460 e. The number of hydrogen-bond acceptors (Lipinski definition) is 24. The van der Waals surface area contributed by atoms with Crippen LogP contribution < -0.4 is 24.4 Å². The van der Waals surface area contributed by atoms with E-state index in [2.05, 4.69) is 0 Å². The van der Waals surface area contributed by atoms with E-state index in [9.17, 15) is 43.2 Å². The van der Waals surface area contributed by atoms with Gasteiger partial charge in [-0.05, 0) is 79.7 Å². The highest BCUT2D eigenvalue weighted by Crippen LogP contribution is 2.41. The lowest BCUT2D eigenvalue weighted by molar-refractivity contribution is -0.280. The van der Waals surface area contributed by atoms with Crippen molar-refractivity contribution in [1.82, 2.24) is 0 Å². The van der Waals surface area contributed by atoms with Gasteiger partial charge < -0.3 is 66.0 Å². The summed E-state index contributed by atoms with van der Waals surface area (Å²) in [6.07, 6.45) is -17.0. The lowest BCUT2D eigenvalue weighted by atomic mass is 9.97. The van der Waals surface area contributed by atoms with Gasteiger partial charge in [-0.1, -0.05) is 72.8 Å². The van der Waals surface area contributed by atoms with Gasteiger partial charge in [-0.2, -0.15) is 0 Å². The monoisotopic (exact) mass is 1220 g/mol. The maximum atomic E-state index is 15.8. The summed E-state index contributed by atoms with van der Waals surface area (Å²) in [6, 6.07) is 38.1. The van der Waals surface area contributed by atoms with Crippen LogP contribution in [-0.2, 0) is 66.6 Å². The van der Waals surface area contributed by atoms with Crippen LogP contribution in [0.15, 0.2) is 167 Å². The van der Waals surface area contributed by atoms with Gasteiger partial charge in [0.2, 0.25) is 36.0 Å². The number of carbonyl (C=O) groups is 9. The zero-order valence-electron chi connectivity index (χ0n) is 48.3. The van der Waals surface area contributed by atoms with E-state index in [1.165, 1.54) is 98.8 Å². The third-order valence-corrected chi connectivity index (χ3v) is 13.4. The molecule has 9 rings (SSSR count). The third kappa shape index (κ3) is 15.5. The molecule has 89 heavy (non-hydrogen) atoms. The summed E-state index contributed by atoms with van der Waals surface area (Å²) in [5, 5.41) is -0.520. The highest BCUT2D eigenvalue weighted by Gasteiger charge is 2.55. The predicted octanol–water partition coefficient (Wildman–Crippen LogP) is 7.87. The Hall–Kier alpha value is -10.7. The molecule has 2 fully saturated rings. The van der Waals surface area contributed by atoms with Crippen molar-refractivity contribution in [2.75, 3.05) is 6.61 Å². The summed E-state index contributed by atoms with van der Waals surface area (Å²) in [4.78, 5) is 135. The van der Waals surface area contributed by atoms with E-state index < -0.39 is 155 Å². The van der Waals surface area contributed by atoms with Gasteiger partial charge in [-0.3, -0.25) is 28.8 Å². The molecule has 2 saturated heterocycles. The third-order valence-electron chi connectivity index (χ3n) is 13.4. The summed E-state index contributed by atoms with van der Waals surface area (Å²) < 4.78 is 84.2. The van der Waals surface area contributed by atoms with Gasteiger partial charge in [0, 0.05) is 52.3 Å². The molecule has 2 aliphatic heterocycles. The number of hydrogen-bond donors (Lipinski definition) is 0. The molecule has 24 nitrogen and oxygen atoms in total. The van der Waals surface area contributed by atoms with Gasteiger partial charge in [0.1, 0.15) is 40.9 Å². The average Bonchev–Trinajstić information content (AvgIpc) is 0.844. The number of esters is 9. The second-order valence-electron chi connectivity index (χ2n) is 20.0. The van der Waals surface area contributed by atoms with Crippen molar-refractivity contribution >= 4 is 64.7 Å². The molecule has 0 radical (unpaired) electrons. The van der Waals surface area contributed by atoms with E-state index in [0.29, 0.717) is 0 Å². The lowest BCUT2D eigenvalue weighted by Gasteiger charge is -2.44. The predicted molar refractivity (Wildman–Crippen MR) is 305 cm³/mol. The number of fused-ring (bicyclic) bond motifs is 1. The topological polar surface area (TPSA) is 304 Å². The van der Waals surface area contributed by atoms with Crippen LogP contribution in [0, 0.1) is 0 Å². The molecular weight excluding hydrogens is 1160 g/mol. The zero-order valence-corrected chi connectivity index (χ0v) is 48.3. The Bertz CT molecular complexity index is 3810. The highest BCUT2D eigenvalue weighted by atomic mass is 16.7. The second kappa shape index (κ2) is 28.2. The molecule has 3 heterocycles. The van der Waals surface area contributed by atoms with Gasteiger partial charge in [0.25, 0.3) is 0 Å². The van der Waals surface area contributed by atoms with Gasteiger partial charge in [0.15, 0.2) is 30.2 Å². The fourth-order valence-corrected chi connectivity index (χ4v) is 9.62. The maximum Gasteiger partial charge on any atom is 0.338 e. The number of carbonyl (C=O) groups excluding carboxylic acids is 9. The average molecular weight is 1220 g/mol. The van der Waals surface area contributed by atoms with Crippen molar-refractivity contribution in [2.24, 2.45) is 0 Å².